The van der Waals surface area contributed by atoms with Gasteiger partial charge in [-0.3, -0.25) is 0 Å². The minimum atomic E-state index is -1.32. The third kappa shape index (κ3) is 1.98. The minimum Gasteiger partial charge on any atom is -0.394 e. The largest absolute Gasteiger partial charge is 0.394 e. The lowest BCUT2D eigenvalue weighted by Crippen LogP contribution is -2.60. The van der Waals surface area contributed by atoms with Crippen molar-refractivity contribution in [3.05, 3.63) is 0 Å². The molecule has 1 aliphatic heterocycles. The number of hydrogen-bond donors (Lipinski definition) is 5. The van der Waals surface area contributed by atoms with Gasteiger partial charge >= 0.3 is 0 Å². The van der Waals surface area contributed by atoms with Gasteiger partial charge < -0.3 is 30.9 Å². The summed E-state index contributed by atoms with van der Waals surface area (Å²) in [5.74, 6) is 0. The van der Waals surface area contributed by atoms with Crippen LogP contribution in [0, 0.1) is 0 Å². The molecular weight excluding hydrogens is 178 g/mol. The van der Waals surface area contributed by atoms with Crippen molar-refractivity contribution in [3.63, 3.8) is 0 Å². The van der Waals surface area contributed by atoms with Gasteiger partial charge in [-0.05, 0) is 0 Å². The molecule has 0 aromatic rings. The fraction of sp³-hybridized carbons (Fsp3) is 1.00. The lowest BCUT2D eigenvalue weighted by molar-refractivity contribution is -0.226. The maximum atomic E-state index is 9.32. The van der Waals surface area contributed by atoms with E-state index in [0.29, 0.717) is 0 Å². The van der Waals surface area contributed by atoms with E-state index < -0.39 is 37.1 Å². The number of nitrogens with two attached hydrogens (primary N) is 1. The molecule has 0 aromatic carbocycles. The van der Waals surface area contributed by atoms with E-state index in [9.17, 15) is 15.3 Å². The lowest BCUT2D eigenvalue weighted by Gasteiger charge is -2.39. The molecule has 6 heteroatoms. The quantitative estimate of drug-likeness (QED) is 0.315. The van der Waals surface area contributed by atoms with E-state index in [-0.39, 0.29) is 6.54 Å². The Morgan fingerprint density at radius 1 is 1.00 bits per heavy atom. The molecule has 0 radical (unpaired) electrons. The minimum absolute atomic E-state index is 0.0292. The lowest BCUT2D eigenvalue weighted by atomic mass is 9.95. The molecule has 1 saturated heterocycles. The smallest absolute Gasteiger partial charge is 0.111 e. The van der Waals surface area contributed by atoms with Crippen molar-refractivity contribution in [3.8, 4) is 0 Å². The summed E-state index contributed by atoms with van der Waals surface area (Å²) in [5.41, 5.74) is 5.26. The second kappa shape index (κ2) is 4.32. The van der Waals surface area contributed by atoms with Crippen molar-refractivity contribution in [2.45, 2.75) is 30.5 Å². The summed E-state index contributed by atoms with van der Waals surface area (Å²) in [6, 6.07) is 0. The topological polar surface area (TPSA) is 116 Å². The molecule has 6 N–H and O–H groups in total. The molecule has 0 bridgehead atoms. The number of rotatable bonds is 2. The van der Waals surface area contributed by atoms with Crippen LogP contribution in [-0.2, 0) is 4.74 Å². The van der Waals surface area contributed by atoms with E-state index >= 15 is 0 Å². The first-order chi connectivity index (χ1) is 6.11. The van der Waals surface area contributed by atoms with Crippen LogP contribution in [0.5, 0.6) is 0 Å². The third-order valence-corrected chi connectivity index (χ3v) is 2.22. The third-order valence-electron chi connectivity index (χ3n) is 2.22. The van der Waals surface area contributed by atoms with Crippen molar-refractivity contribution >= 4 is 0 Å². The molecule has 0 unspecified atom stereocenters. The zero-order valence-corrected chi connectivity index (χ0v) is 7.08. The number of aliphatic hydroxyl groups excluding tert-OH is 4. The molecule has 0 aromatic heterocycles. The van der Waals surface area contributed by atoms with E-state index in [2.05, 4.69) is 0 Å². The molecule has 6 nitrogen and oxygen atoms in total. The molecule has 5 atom stereocenters. The molecule has 0 amide bonds. The monoisotopic (exact) mass is 193 g/mol. The van der Waals surface area contributed by atoms with Crippen LogP contribution in [0.25, 0.3) is 0 Å². The standard InChI is InChI=1S/C7H15NO5/c8-1-3-5(10)7(12)6(11)4(2-9)13-3/h3-7,9-12H,1-2,8H2/t3-,4-,5-,6-,7-/m1/s1. The summed E-state index contributed by atoms with van der Waals surface area (Å²) in [6.45, 7) is -0.386. The van der Waals surface area contributed by atoms with Crippen LogP contribution < -0.4 is 5.73 Å². The Labute approximate surface area is 75.6 Å². The fourth-order valence-electron chi connectivity index (χ4n) is 1.37. The predicted molar refractivity (Wildman–Crippen MR) is 42.8 cm³/mol. The molecule has 78 valence electrons. The Morgan fingerprint density at radius 3 is 2.00 bits per heavy atom. The van der Waals surface area contributed by atoms with Gasteiger partial charge in [0.25, 0.3) is 0 Å². The van der Waals surface area contributed by atoms with Crippen molar-refractivity contribution < 1.29 is 25.2 Å². The molecule has 0 aliphatic carbocycles. The van der Waals surface area contributed by atoms with Gasteiger partial charge in [0, 0.05) is 6.54 Å². The summed E-state index contributed by atoms with van der Waals surface area (Å²) in [6.07, 6.45) is -5.42. The van der Waals surface area contributed by atoms with Gasteiger partial charge in [0.15, 0.2) is 0 Å². The van der Waals surface area contributed by atoms with Crippen LogP contribution in [0.15, 0.2) is 0 Å². The molecule has 13 heavy (non-hydrogen) atoms. The van der Waals surface area contributed by atoms with E-state index in [1.807, 2.05) is 0 Å². The molecule has 1 aliphatic rings. The molecule has 1 heterocycles. The van der Waals surface area contributed by atoms with E-state index in [4.69, 9.17) is 15.6 Å². The Morgan fingerprint density at radius 2 is 1.54 bits per heavy atom. The highest BCUT2D eigenvalue weighted by Crippen LogP contribution is 2.20. The predicted octanol–water partition coefficient (Wildman–Crippen LogP) is -3.21. The van der Waals surface area contributed by atoms with Gasteiger partial charge in [-0.2, -0.15) is 0 Å². The number of ether oxygens (including phenoxy) is 1. The summed E-state index contributed by atoms with van der Waals surface area (Å²) < 4.78 is 5.04. The van der Waals surface area contributed by atoms with Gasteiger partial charge in [-0.15, -0.1) is 0 Å². The Balaban J connectivity index is 2.66. The molecule has 0 saturated carbocycles. The number of hydrogen-bond acceptors (Lipinski definition) is 6. The van der Waals surface area contributed by atoms with Crippen molar-refractivity contribution in [2.24, 2.45) is 5.73 Å². The van der Waals surface area contributed by atoms with E-state index in [1.54, 1.807) is 0 Å². The van der Waals surface area contributed by atoms with Crippen LogP contribution in [0.4, 0.5) is 0 Å². The van der Waals surface area contributed by atoms with E-state index in [1.165, 1.54) is 0 Å². The van der Waals surface area contributed by atoms with Crippen LogP contribution in [-0.4, -0.2) is 64.1 Å². The summed E-state index contributed by atoms with van der Waals surface area (Å²) >= 11 is 0. The van der Waals surface area contributed by atoms with E-state index in [0.717, 1.165) is 0 Å². The van der Waals surface area contributed by atoms with Crippen LogP contribution in [0.2, 0.25) is 0 Å². The normalized spacial score (nSPS) is 46.4. The summed E-state index contributed by atoms with van der Waals surface area (Å²) in [7, 11) is 0. The van der Waals surface area contributed by atoms with Gasteiger partial charge in [0.2, 0.25) is 0 Å². The second-order valence-electron chi connectivity index (χ2n) is 3.10. The van der Waals surface area contributed by atoms with Crippen LogP contribution in [0.1, 0.15) is 0 Å². The van der Waals surface area contributed by atoms with Crippen LogP contribution >= 0.6 is 0 Å². The van der Waals surface area contributed by atoms with Crippen molar-refractivity contribution in [1.29, 1.82) is 0 Å². The Bertz CT molecular complexity index is 147. The Hall–Kier alpha value is -0.240. The highest BCUT2D eigenvalue weighted by Gasteiger charge is 2.42. The van der Waals surface area contributed by atoms with Gasteiger partial charge in [-0.1, -0.05) is 0 Å². The number of aliphatic hydroxyl groups is 4. The summed E-state index contributed by atoms with van der Waals surface area (Å²) in [5, 5.41) is 36.7. The maximum absolute atomic E-state index is 9.32. The van der Waals surface area contributed by atoms with Gasteiger partial charge in [0.1, 0.15) is 24.4 Å². The molecular formula is C7H15NO5. The summed E-state index contributed by atoms with van der Waals surface area (Å²) in [4.78, 5) is 0. The zero-order valence-electron chi connectivity index (χ0n) is 7.08. The second-order valence-corrected chi connectivity index (χ2v) is 3.10. The molecule has 0 spiro atoms. The van der Waals surface area contributed by atoms with Crippen LogP contribution in [0.3, 0.4) is 0 Å². The first kappa shape index (κ1) is 10.8. The average molecular weight is 193 g/mol. The maximum Gasteiger partial charge on any atom is 0.111 e. The Kier molecular flexibility index (Phi) is 3.60. The first-order valence-corrected chi connectivity index (χ1v) is 4.12. The van der Waals surface area contributed by atoms with Gasteiger partial charge in [-0.25, -0.2) is 0 Å². The van der Waals surface area contributed by atoms with Crippen molar-refractivity contribution in [1.82, 2.24) is 0 Å². The average Bonchev–Trinajstić information content (AvgIpc) is 2.15. The first-order valence-electron chi connectivity index (χ1n) is 4.12. The molecule has 1 rings (SSSR count). The van der Waals surface area contributed by atoms with Crippen molar-refractivity contribution in [2.75, 3.05) is 13.2 Å². The van der Waals surface area contributed by atoms with Gasteiger partial charge in [0.05, 0.1) is 12.7 Å². The fourth-order valence-corrected chi connectivity index (χ4v) is 1.37. The molecule has 1 fully saturated rings. The SMILES string of the molecule is NC[C@H]1O[C@H](CO)[C@@H](O)[C@H](O)[C@@H]1O. The highest BCUT2D eigenvalue weighted by molar-refractivity contribution is 4.92. The zero-order chi connectivity index (χ0) is 10.0. The highest BCUT2D eigenvalue weighted by atomic mass is 16.5.